The molecule has 3 heteroatoms. The highest BCUT2D eigenvalue weighted by Crippen LogP contribution is 2.25. The van der Waals surface area contributed by atoms with E-state index >= 15 is 0 Å². The minimum absolute atomic E-state index is 0.351. The molecule has 1 aromatic carbocycles. The van der Waals surface area contributed by atoms with Crippen molar-refractivity contribution in [2.24, 2.45) is 0 Å². The zero-order valence-electron chi connectivity index (χ0n) is 6.59. The lowest BCUT2D eigenvalue weighted by molar-refractivity contribution is 0.141. The van der Waals surface area contributed by atoms with E-state index in [1.54, 1.807) is 0 Å². The first-order valence-corrected chi connectivity index (χ1v) is 4.77. The van der Waals surface area contributed by atoms with Gasteiger partial charge in [-0.3, -0.25) is 0 Å². The maximum absolute atomic E-state index is 5.67. The van der Waals surface area contributed by atoms with Crippen LogP contribution >= 0.6 is 15.9 Å². The van der Waals surface area contributed by atoms with Crippen molar-refractivity contribution in [3.8, 4) is 5.75 Å². The third-order valence-corrected chi connectivity index (χ3v) is 2.53. The summed E-state index contributed by atoms with van der Waals surface area (Å²) >= 11 is 3.43. The predicted octanol–water partition coefficient (Wildman–Crippen LogP) is 1.80. The molecule has 0 bridgehead atoms. The number of rotatable bonds is 2. The lowest BCUT2D eigenvalue weighted by Crippen LogP contribution is -2.50. The maximum atomic E-state index is 5.67. The molecule has 0 radical (unpaired) electrons. The van der Waals surface area contributed by atoms with Gasteiger partial charge in [0.2, 0.25) is 0 Å². The van der Waals surface area contributed by atoms with Gasteiger partial charge in [-0.2, -0.15) is 0 Å². The highest BCUT2D eigenvalue weighted by molar-refractivity contribution is 9.10. The average Bonchev–Trinajstić information content (AvgIpc) is 2.00. The van der Waals surface area contributed by atoms with Crippen LogP contribution in [-0.4, -0.2) is 19.2 Å². The van der Waals surface area contributed by atoms with Crippen LogP contribution in [0.3, 0.4) is 0 Å². The molecule has 2 nitrogen and oxygen atoms in total. The van der Waals surface area contributed by atoms with Crippen molar-refractivity contribution in [3.05, 3.63) is 28.7 Å². The molecule has 1 heterocycles. The molecular formula is C9H10BrNO. The molecule has 1 N–H and O–H groups in total. The maximum Gasteiger partial charge on any atom is 0.134 e. The van der Waals surface area contributed by atoms with Crippen LogP contribution in [0.1, 0.15) is 0 Å². The first-order chi connectivity index (χ1) is 5.86. The molecule has 2 rings (SSSR count). The number of hydrogen-bond acceptors (Lipinski definition) is 2. The molecule has 0 atom stereocenters. The van der Waals surface area contributed by atoms with Crippen molar-refractivity contribution >= 4 is 15.9 Å². The minimum atomic E-state index is 0.351. The fourth-order valence-electron chi connectivity index (χ4n) is 1.07. The number of ether oxygens (including phenoxy) is 1. The van der Waals surface area contributed by atoms with E-state index in [1.807, 2.05) is 24.3 Å². The van der Waals surface area contributed by atoms with Gasteiger partial charge < -0.3 is 10.1 Å². The van der Waals surface area contributed by atoms with Crippen LogP contribution in [0.25, 0.3) is 0 Å². The Kier molecular flexibility index (Phi) is 2.33. The van der Waals surface area contributed by atoms with E-state index in [9.17, 15) is 0 Å². The molecular weight excluding hydrogens is 218 g/mol. The van der Waals surface area contributed by atoms with E-state index in [2.05, 4.69) is 21.2 Å². The van der Waals surface area contributed by atoms with Gasteiger partial charge in [-0.15, -0.1) is 0 Å². The van der Waals surface area contributed by atoms with E-state index in [-0.39, 0.29) is 0 Å². The van der Waals surface area contributed by atoms with E-state index in [0.717, 1.165) is 23.3 Å². The topological polar surface area (TPSA) is 21.3 Å². The SMILES string of the molecule is Brc1ccccc1OC1CNC1. The van der Waals surface area contributed by atoms with Gasteiger partial charge in [0.25, 0.3) is 0 Å². The number of benzene rings is 1. The standard InChI is InChI=1S/C9H10BrNO/c10-8-3-1-2-4-9(8)12-7-5-11-6-7/h1-4,7,11H,5-6H2. The van der Waals surface area contributed by atoms with Crippen molar-refractivity contribution in [2.75, 3.05) is 13.1 Å². The Morgan fingerprint density at radius 3 is 2.67 bits per heavy atom. The molecule has 1 fully saturated rings. The number of para-hydroxylation sites is 1. The molecule has 64 valence electrons. The summed E-state index contributed by atoms with van der Waals surface area (Å²) in [5, 5.41) is 3.16. The van der Waals surface area contributed by atoms with Crippen LogP contribution in [0.15, 0.2) is 28.7 Å². The van der Waals surface area contributed by atoms with Crippen LogP contribution in [0.4, 0.5) is 0 Å². The number of halogens is 1. The molecule has 0 aliphatic carbocycles. The Bertz CT molecular complexity index is 273. The number of hydrogen-bond donors (Lipinski definition) is 1. The predicted molar refractivity (Wildman–Crippen MR) is 51.4 cm³/mol. The lowest BCUT2D eigenvalue weighted by Gasteiger charge is -2.28. The van der Waals surface area contributed by atoms with Gasteiger partial charge in [0.15, 0.2) is 0 Å². The summed E-state index contributed by atoms with van der Waals surface area (Å²) in [6.07, 6.45) is 0.351. The van der Waals surface area contributed by atoms with Crippen molar-refractivity contribution in [1.82, 2.24) is 5.32 Å². The normalized spacial score (nSPS) is 17.1. The van der Waals surface area contributed by atoms with Crippen molar-refractivity contribution in [3.63, 3.8) is 0 Å². The van der Waals surface area contributed by atoms with Crippen LogP contribution in [-0.2, 0) is 0 Å². The highest BCUT2D eigenvalue weighted by atomic mass is 79.9. The summed E-state index contributed by atoms with van der Waals surface area (Å²) < 4.78 is 6.70. The van der Waals surface area contributed by atoms with Crippen LogP contribution in [0.5, 0.6) is 5.75 Å². The van der Waals surface area contributed by atoms with Crippen molar-refractivity contribution in [2.45, 2.75) is 6.10 Å². The molecule has 0 saturated carbocycles. The van der Waals surface area contributed by atoms with Gasteiger partial charge >= 0.3 is 0 Å². The molecule has 12 heavy (non-hydrogen) atoms. The second kappa shape index (κ2) is 3.46. The fraction of sp³-hybridized carbons (Fsp3) is 0.333. The van der Waals surface area contributed by atoms with Gasteiger partial charge in [0.05, 0.1) is 4.47 Å². The van der Waals surface area contributed by atoms with E-state index in [4.69, 9.17) is 4.74 Å². The summed E-state index contributed by atoms with van der Waals surface area (Å²) in [5.74, 6) is 0.934. The third kappa shape index (κ3) is 1.62. The summed E-state index contributed by atoms with van der Waals surface area (Å²) in [6.45, 7) is 1.92. The van der Waals surface area contributed by atoms with Crippen LogP contribution in [0, 0.1) is 0 Å². The molecule has 0 unspecified atom stereocenters. The van der Waals surface area contributed by atoms with Gasteiger partial charge in [0, 0.05) is 13.1 Å². The van der Waals surface area contributed by atoms with Crippen molar-refractivity contribution in [1.29, 1.82) is 0 Å². The second-order valence-corrected chi connectivity index (χ2v) is 3.68. The number of nitrogens with one attached hydrogen (secondary N) is 1. The zero-order valence-corrected chi connectivity index (χ0v) is 8.17. The quantitative estimate of drug-likeness (QED) is 0.833. The first kappa shape index (κ1) is 8.08. The summed E-state index contributed by atoms with van der Waals surface area (Å²) in [5.41, 5.74) is 0. The zero-order chi connectivity index (χ0) is 8.39. The van der Waals surface area contributed by atoms with Gasteiger partial charge in [-0.05, 0) is 28.1 Å². The average molecular weight is 228 g/mol. The molecule has 0 aromatic heterocycles. The van der Waals surface area contributed by atoms with Crippen molar-refractivity contribution < 1.29 is 4.74 Å². The third-order valence-electron chi connectivity index (χ3n) is 1.87. The molecule has 0 amide bonds. The monoisotopic (exact) mass is 227 g/mol. The highest BCUT2D eigenvalue weighted by Gasteiger charge is 2.18. The Hall–Kier alpha value is -0.540. The lowest BCUT2D eigenvalue weighted by atomic mass is 10.2. The molecule has 1 aliphatic rings. The largest absolute Gasteiger partial charge is 0.487 e. The minimum Gasteiger partial charge on any atom is -0.487 e. The second-order valence-electron chi connectivity index (χ2n) is 2.83. The Balaban J connectivity index is 2.06. The van der Waals surface area contributed by atoms with E-state index < -0.39 is 0 Å². The Morgan fingerprint density at radius 2 is 2.08 bits per heavy atom. The van der Waals surface area contributed by atoms with Gasteiger partial charge in [-0.1, -0.05) is 12.1 Å². The van der Waals surface area contributed by atoms with Crippen LogP contribution in [0.2, 0.25) is 0 Å². The molecule has 1 aromatic rings. The summed E-state index contributed by atoms with van der Waals surface area (Å²) in [6, 6.07) is 7.92. The van der Waals surface area contributed by atoms with Gasteiger partial charge in [0.1, 0.15) is 11.9 Å². The smallest absolute Gasteiger partial charge is 0.134 e. The fourth-order valence-corrected chi connectivity index (χ4v) is 1.44. The Labute approximate surface area is 80.1 Å². The van der Waals surface area contributed by atoms with Crippen LogP contribution < -0.4 is 10.1 Å². The van der Waals surface area contributed by atoms with E-state index in [0.29, 0.717) is 6.10 Å². The van der Waals surface area contributed by atoms with Gasteiger partial charge in [-0.25, -0.2) is 0 Å². The molecule has 1 saturated heterocycles. The molecule has 0 spiro atoms. The molecule has 1 aliphatic heterocycles. The first-order valence-electron chi connectivity index (χ1n) is 3.98. The van der Waals surface area contributed by atoms with E-state index in [1.165, 1.54) is 0 Å². The Morgan fingerprint density at radius 1 is 1.33 bits per heavy atom. The summed E-state index contributed by atoms with van der Waals surface area (Å²) in [4.78, 5) is 0. The summed E-state index contributed by atoms with van der Waals surface area (Å²) in [7, 11) is 0.